The maximum absolute atomic E-state index is 9.14. The predicted octanol–water partition coefficient (Wildman–Crippen LogP) is 3.29. The van der Waals surface area contributed by atoms with Gasteiger partial charge in [-0.2, -0.15) is 5.26 Å². The molecule has 1 aliphatic heterocycles. The van der Waals surface area contributed by atoms with Gasteiger partial charge in [-0.1, -0.05) is 23.8 Å². The molecule has 1 aromatic rings. The molecule has 0 aliphatic carbocycles. The second-order valence-electron chi connectivity index (χ2n) is 4.53. The normalized spacial score (nSPS) is 25.1. The summed E-state index contributed by atoms with van der Waals surface area (Å²) in [4.78, 5) is 0. The number of ether oxygens (including phenoxy) is 1. The Hall–Kier alpha value is -1.33. The third kappa shape index (κ3) is 2.10. The van der Waals surface area contributed by atoms with Gasteiger partial charge < -0.3 is 4.74 Å². The summed E-state index contributed by atoms with van der Waals surface area (Å²) in [5, 5.41) is 9.14. The first-order chi connectivity index (χ1) is 7.72. The van der Waals surface area contributed by atoms with Crippen LogP contribution in [0.25, 0.3) is 0 Å². The van der Waals surface area contributed by atoms with Crippen LogP contribution in [0.4, 0.5) is 0 Å². The van der Waals surface area contributed by atoms with Gasteiger partial charge in [-0.15, -0.1) is 0 Å². The molecule has 2 atom stereocenters. The molecule has 2 heteroatoms. The highest BCUT2D eigenvalue weighted by Crippen LogP contribution is 2.34. The molecule has 2 nitrogen and oxygen atoms in total. The Bertz CT molecular complexity index is 419. The highest BCUT2D eigenvalue weighted by atomic mass is 16.5. The van der Waals surface area contributed by atoms with E-state index >= 15 is 0 Å². The van der Waals surface area contributed by atoms with E-state index in [4.69, 9.17) is 10.00 Å². The minimum absolute atomic E-state index is 0.00940. The summed E-state index contributed by atoms with van der Waals surface area (Å²) in [5.41, 5.74) is 3.66. The van der Waals surface area contributed by atoms with Crippen LogP contribution in [-0.2, 0) is 4.74 Å². The van der Waals surface area contributed by atoms with Crippen LogP contribution in [0.1, 0.15) is 35.6 Å². The molecule has 2 unspecified atom stereocenters. The molecule has 1 fully saturated rings. The zero-order valence-electron chi connectivity index (χ0n) is 9.86. The molecular formula is C14H17NO. The number of hydrogen-bond donors (Lipinski definition) is 0. The highest BCUT2D eigenvalue weighted by Gasteiger charge is 2.28. The Morgan fingerprint density at radius 3 is 2.88 bits per heavy atom. The van der Waals surface area contributed by atoms with Gasteiger partial charge >= 0.3 is 0 Å². The predicted molar refractivity (Wildman–Crippen MR) is 62.9 cm³/mol. The Morgan fingerprint density at radius 1 is 1.38 bits per heavy atom. The third-order valence-electron chi connectivity index (χ3n) is 3.22. The Kier molecular flexibility index (Phi) is 3.26. The fourth-order valence-corrected chi connectivity index (χ4v) is 2.36. The maximum Gasteiger partial charge on any atom is 0.0985 e. The largest absolute Gasteiger partial charge is 0.372 e. The van der Waals surface area contributed by atoms with Gasteiger partial charge in [-0.25, -0.2) is 0 Å². The fraction of sp³-hybridized carbons (Fsp3) is 0.500. The monoisotopic (exact) mass is 215 g/mol. The summed E-state index contributed by atoms with van der Waals surface area (Å²) in [5.74, 6) is 0.00940. The first-order valence-electron chi connectivity index (χ1n) is 5.80. The van der Waals surface area contributed by atoms with Crippen molar-refractivity contribution in [1.82, 2.24) is 0 Å². The van der Waals surface area contributed by atoms with Crippen LogP contribution in [0.2, 0.25) is 0 Å². The molecule has 0 N–H and O–H groups in total. The topological polar surface area (TPSA) is 33.0 Å². The summed E-state index contributed by atoms with van der Waals surface area (Å²) < 4.78 is 5.77. The lowest BCUT2D eigenvalue weighted by molar-refractivity contribution is -0.0105. The van der Waals surface area contributed by atoms with Crippen molar-refractivity contribution < 1.29 is 4.74 Å². The van der Waals surface area contributed by atoms with E-state index in [0.717, 1.165) is 19.4 Å². The van der Waals surface area contributed by atoms with Crippen LogP contribution in [-0.4, -0.2) is 6.61 Å². The van der Waals surface area contributed by atoms with E-state index in [2.05, 4.69) is 38.1 Å². The quantitative estimate of drug-likeness (QED) is 0.720. The van der Waals surface area contributed by atoms with Crippen LogP contribution in [0.3, 0.4) is 0 Å². The molecule has 1 saturated heterocycles. The van der Waals surface area contributed by atoms with Gasteiger partial charge in [0.1, 0.15) is 0 Å². The van der Waals surface area contributed by atoms with Crippen molar-refractivity contribution in [3.63, 3.8) is 0 Å². The average Bonchev–Trinajstić information content (AvgIpc) is 2.29. The van der Waals surface area contributed by atoms with Gasteiger partial charge in [0.05, 0.1) is 18.1 Å². The standard InChI is InChI=1S/C14H17NO/c1-10-5-6-13(11(2)8-10)14-12(9-15)4-3-7-16-14/h5-6,8,12,14H,3-4,7H2,1-2H3. The Labute approximate surface area is 96.9 Å². The zero-order chi connectivity index (χ0) is 11.5. The van der Waals surface area contributed by atoms with Crippen molar-refractivity contribution in [2.45, 2.75) is 32.8 Å². The SMILES string of the molecule is Cc1ccc(C2OCCCC2C#N)c(C)c1. The van der Waals surface area contributed by atoms with E-state index in [1.54, 1.807) is 0 Å². The van der Waals surface area contributed by atoms with Crippen LogP contribution >= 0.6 is 0 Å². The van der Waals surface area contributed by atoms with Crippen molar-refractivity contribution in [2.24, 2.45) is 5.92 Å². The summed E-state index contributed by atoms with van der Waals surface area (Å²) >= 11 is 0. The first kappa shape index (κ1) is 11.2. The molecule has 0 amide bonds. The lowest BCUT2D eigenvalue weighted by Gasteiger charge is -2.28. The summed E-state index contributed by atoms with van der Waals surface area (Å²) in [7, 11) is 0. The average molecular weight is 215 g/mol. The minimum Gasteiger partial charge on any atom is -0.372 e. The van der Waals surface area contributed by atoms with E-state index in [1.165, 1.54) is 16.7 Å². The number of benzene rings is 1. The number of aryl methyl sites for hydroxylation is 2. The van der Waals surface area contributed by atoms with Crippen LogP contribution in [0, 0.1) is 31.1 Å². The van der Waals surface area contributed by atoms with Gasteiger partial charge in [0.15, 0.2) is 0 Å². The Balaban J connectivity index is 2.31. The first-order valence-corrected chi connectivity index (χ1v) is 5.80. The number of nitrogens with zero attached hydrogens (tertiary/aromatic N) is 1. The van der Waals surface area contributed by atoms with E-state index in [9.17, 15) is 0 Å². The number of hydrogen-bond acceptors (Lipinski definition) is 2. The smallest absolute Gasteiger partial charge is 0.0985 e. The van der Waals surface area contributed by atoms with E-state index in [1.807, 2.05) is 0 Å². The number of rotatable bonds is 1. The molecule has 16 heavy (non-hydrogen) atoms. The van der Waals surface area contributed by atoms with Crippen LogP contribution in [0.5, 0.6) is 0 Å². The molecule has 2 rings (SSSR count). The molecule has 0 bridgehead atoms. The van der Waals surface area contributed by atoms with E-state index < -0.39 is 0 Å². The lowest BCUT2D eigenvalue weighted by atomic mass is 9.88. The molecule has 1 aromatic carbocycles. The molecule has 1 aliphatic rings. The van der Waals surface area contributed by atoms with Gasteiger partial charge in [-0.3, -0.25) is 0 Å². The van der Waals surface area contributed by atoms with Gasteiger partial charge in [0.2, 0.25) is 0 Å². The fourth-order valence-electron chi connectivity index (χ4n) is 2.36. The molecule has 0 aromatic heterocycles. The third-order valence-corrected chi connectivity index (χ3v) is 3.22. The van der Waals surface area contributed by atoms with Crippen molar-refractivity contribution in [2.75, 3.05) is 6.61 Å². The minimum atomic E-state index is -0.0284. The van der Waals surface area contributed by atoms with Crippen LogP contribution in [0.15, 0.2) is 18.2 Å². The van der Waals surface area contributed by atoms with Gasteiger partial charge in [-0.05, 0) is 37.8 Å². The zero-order valence-corrected chi connectivity index (χ0v) is 9.86. The second-order valence-corrected chi connectivity index (χ2v) is 4.53. The second kappa shape index (κ2) is 4.67. The molecule has 84 valence electrons. The van der Waals surface area contributed by atoms with E-state index in [0.29, 0.717) is 0 Å². The summed E-state index contributed by atoms with van der Waals surface area (Å²) in [6.07, 6.45) is 1.92. The van der Waals surface area contributed by atoms with E-state index in [-0.39, 0.29) is 12.0 Å². The Morgan fingerprint density at radius 2 is 2.19 bits per heavy atom. The summed E-state index contributed by atoms with van der Waals surface area (Å²) in [6.45, 7) is 4.95. The molecule has 0 radical (unpaired) electrons. The van der Waals surface area contributed by atoms with Crippen molar-refractivity contribution in [3.05, 3.63) is 34.9 Å². The maximum atomic E-state index is 9.14. The van der Waals surface area contributed by atoms with Crippen molar-refractivity contribution in [1.29, 1.82) is 5.26 Å². The molecular weight excluding hydrogens is 198 g/mol. The molecule has 0 saturated carbocycles. The van der Waals surface area contributed by atoms with Crippen molar-refractivity contribution in [3.8, 4) is 6.07 Å². The highest BCUT2D eigenvalue weighted by molar-refractivity contribution is 5.33. The van der Waals surface area contributed by atoms with Crippen LogP contribution < -0.4 is 0 Å². The van der Waals surface area contributed by atoms with Gasteiger partial charge in [0, 0.05) is 6.61 Å². The summed E-state index contributed by atoms with van der Waals surface area (Å²) in [6, 6.07) is 8.72. The molecule has 1 heterocycles. The lowest BCUT2D eigenvalue weighted by Crippen LogP contribution is -2.22. The molecule has 0 spiro atoms. The van der Waals surface area contributed by atoms with Gasteiger partial charge in [0.25, 0.3) is 0 Å². The number of nitriles is 1. The van der Waals surface area contributed by atoms with Crippen molar-refractivity contribution >= 4 is 0 Å².